The number of nitrogens with zero attached hydrogens (tertiary/aromatic N) is 2. The summed E-state index contributed by atoms with van der Waals surface area (Å²) in [5.74, 6) is -2.20. The Balaban J connectivity index is 1.38. The lowest BCUT2D eigenvalue weighted by Gasteiger charge is -2.41. The lowest BCUT2D eigenvalue weighted by molar-refractivity contribution is -0.152. The van der Waals surface area contributed by atoms with Crippen LogP contribution in [0.5, 0.6) is 0 Å². The van der Waals surface area contributed by atoms with Crippen molar-refractivity contribution in [2.45, 2.75) is 57.6 Å². The first-order valence-corrected chi connectivity index (χ1v) is 15.5. The van der Waals surface area contributed by atoms with Gasteiger partial charge in [0.25, 0.3) is 0 Å². The van der Waals surface area contributed by atoms with Gasteiger partial charge in [0.05, 0.1) is 18.9 Å². The number of anilines is 1. The summed E-state index contributed by atoms with van der Waals surface area (Å²) in [6, 6.07) is 26.6. The number of esters is 2. The van der Waals surface area contributed by atoms with Crippen LogP contribution in [0.1, 0.15) is 62.1 Å². The van der Waals surface area contributed by atoms with Crippen LogP contribution in [-0.4, -0.2) is 67.5 Å². The standard InChI is InChI=1S/C36H43N3O6/c1-5-38(24-32(40)45-25-28-13-8-6-9-14-28)34(42)27(3)30-17-12-18-31(23-30)39-21-19-36(20-22-39,35(43)44-4)37-33(41)26(2)29-15-10-7-11-16-29/h6-18,23,26-27H,5,19-22,24-25H2,1-4H3,(H,37,41). The van der Waals surface area contributed by atoms with Gasteiger partial charge in [0.15, 0.2) is 0 Å². The van der Waals surface area contributed by atoms with Crippen LogP contribution in [-0.2, 0) is 35.3 Å². The van der Waals surface area contributed by atoms with Crippen LogP contribution in [0, 0.1) is 0 Å². The fourth-order valence-electron chi connectivity index (χ4n) is 5.65. The molecule has 3 aromatic rings. The lowest BCUT2D eigenvalue weighted by atomic mass is 9.85. The minimum Gasteiger partial charge on any atom is -0.467 e. The van der Waals surface area contributed by atoms with Crippen LogP contribution in [0.2, 0.25) is 0 Å². The number of likely N-dealkylation sites (N-methyl/N-ethyl adjacent to an activating group) is 1. The molecule has 9 nitrogen and oxygen atoms in total. The van der Waals surface area contributed by atoms with Crippen LogP contribution in [0.3, 0.4) is 0 Å². The Morgan fingerprint density at radius 1 is 0.867 bits per heavy atom. The summed E-state index contributed by atoms with van der Waals surface area (Å²) in [7, 11) is 1.34. The second-order valence-electron chi connectivity index (χ2n) is 11.5. The van der Waals surface area contributed by atoms with Gasteiger partial charge in [-0.05, 0) is 62.4 Å². The molecule has 1 aliphatic heterocycles. The van der Waals surface area contributed by atoms with Crippen molar-refractivity contribution < 1.29 is 28.7 Å². The van der Waals surface area contributed by atoms with E-state index in [-0.39, 0.29) is 25.0 Å². The first-order valence-electron chi connectivity index (χ1n) is 15.5. The van der Waals surface area contributed by atoms with Crippen molar-refractivity contribution in [2.24, 2.45) is 0 Å². The highest BCUT2D eigenvalue weighted by Crippen LogP contribution is 2.31. The zero-order valence-corrected chi connectivity index (χ0v) is 26.5. The number of carbonyl (C=O) groups excluding carboxylic acids is 4. The molecule has 2 unspecified atom stereocenters. The number of hydrogen-bond acceptors (Lipinski definition) is 7. The van der Waals surface area contributed by atoms with Gasteiger partial charge in [-0.25, -0.2) is 4.79 Å². The van der Waals surface area contributed by atoms with Gasteiger partial charge in [-0.2, -0.15) is 0 Å². The Bertz CT molecular complexity index is 1450. The van der Waals surface area contributed by atoms with Crippen molar-refractivity contribution in [2.75, 3.05) is 38.2 Å². The van der Waals surface area contributed by atoms with Crippen molar-refractivity contribution >= 4 is 29.4 Å². The van der Waals surface area contributed by atoms with E-state index in [2.05, 4.69) is 10.2 Å². The average Bonchev–Trinajstić information content (AvgIpc) is 3.09. The Labute approximate surface area is 265 Å². The molecule has 1 N–H and O–H groups in total. The number of carbonyl (C=O) groups is 4. The molecule has 0 spiro atoms. The summed E-state index contributed by atoms with van der Waals surface area (Å²) in [4.78, 5) is 55.8. The number of nitrogens with one attached hydrogen (secondary N) is 1. The molecule has 1 heterocycles. The molecule has 0 saturated carbocycles. The van der Waals surface area contributed by atoms with Gasteiger partial charge in [-0.15, -0.1) is 0 Å². The molecule has 45 heavy (non-hydrogen) atoms. The molecule has 0 radical (unpaired) electrons. The smallest absolute Gasteiger partial charge is 0.331 e. The second-order valence-corrected chi connectivity index (χ2v) is 11.5. The SMILES string of the molecule is CCN(CC(=O)OCc1ccccc1)C(=O)C(C)c1cccc(N2CCC(NC(=O)C(C)c3ccccc3)(C(=O)OC)CC2)c1. The summed E-state index contributed by atoms with van der Waals surface area (Å²) in [5.41, 5.74) is 2.38. The Hall–Kier alpha value is -4.66. The van der Waals surface area contributed by atoms with Gasteiger partial charge < -0.3 is 24.6 Å². The van der Waals surface area contributed by atoms with E-state index >= 15 is 0 Å². The number of piperidine rings is 1. The molecule has 2 atom stereocenters. The molecule has 4 rings (SSSR count). The van der Waals surface area contributed by atoms with Crippen molar-refractivity contribution in [3.8, 4) is 0 Å². The van der Waals surface area contributed by atoms with Gasteiger partial charge >= 0.3 is 11.9 Å². The van der Waals surface area contributed by atoms with Crippen molar-refractivity contribution in [3.63, 3.8) is 0 Å². The van der Waals surface area contributed by atoms with E-state index in [1.807, 2.05) is 106 Å². The zero-order chi connectivity index (χ0) is 32.4. The minimum absolute atomic E-state index is 0.122. The monoisotopic (exact) mass is 613 g/mol. The Morgan fingerprint density at radius 3 is 2.11 bits per heavy atom. The minimum atomic E-state index is -1.12. The van der Waals surface area contributed by atoms with Crippen LogP contribution in [0.15, 0.2) is 84.9 Å². The number of rotatable bonds is 12. The quantitative estimate of drug-likeness (QED) is 0.292. The summed E-state index contributed by atoms with van der Waals surface area (Å²) in [6.07, 6.45) is 0.751. The summed E-state index contributed by atoms with van der Waals surface area (Å²) in [5, 5.41) is 3.02. The van der Waals surface area contributed by atoms with Gasteiger partial charge in [0.2, 0.25) is 11.8 Å². The number of ether oxygens (including phenoxy) is 2. The fourth-order valence-corrected chi connectivity index (χ4v) is 5.65. The maximum absolute atomic E-state index is 13.4. The van der Waals surface area contributed by atoms with E-state index in [1.54, 1.807) is 0 Å². The van der Waals surface area contributed by atoms with Gasteiger partial charge in [0.1, 0.15) is 18.7 Å². The third kappa shape index (κ3) is 8.29. The molecule has 0 aromatic heterocycles. The number of benzene rings is 3. The molecular formula is C36H43N3O6. The molecule has 2 amide bonds. The van der Waals surface area contributed by atoms with Crippen LogP contribution in [0.4, 0.5) is 5.69 Å². The molecule has 3 aromatic carbocycles. The Morgan fingerprint density at radius 2 is 1.49 bits per heavy atom. The molecular weight excluding hydrogens is 570 g/mol. The lowest BCUT2D eigenvalue weighted by Crippen LogP contribution is -2.61. The normalized spacial score (nSPS) is 15.3. The molecule has 0 aliphatic carbocycles. The van der Waals surface area contributed by atoms with E-state index in [4.69, 9.17) is 9.47 Å². The molecule has 1 saturated heterocycles. The van der Waals surface area contributed by atoms with Gasteiger partial charge in [-0.3, -0.25) is 14.4 Å². The van der Waals surface area contributed by atoms with Crippen LogP contribution < -0.4 is 10.2 Å². The molecule has 0 bridgehead atoms. The highest BCUT2D eigenvalue weighted by Gasteiger charge is 2.44. The van der Waals surface area contributed by atoms with Crippen LogP contribution >= 0.6 is 0 Å². The third-order valence-corrected chi connectivity index (χ3v) is 8.61. The Kier molecular flexibility index (Phi) is 11.4. The topological polar surface area (TPSA) is 105 Å². The van der Waals surface area contributed by atoms with E-state index in [0.29, 0.717) is 32.5 Å². The van der Waals surface area contributed by atoms with E-state index in [1.165, 1.54) is 12.0 Å². The maximum Gasteiger partial charge on any atom is 0.331 e. The summed E-state index contributed by atoms with van der Waals surface area (Å²) >= 11 is 0. The van der Waals surface area contributed by atoms with Gasteiger partial charge in [-0.1, -0.05) is 72.8 Å². The predicted octanol–water partition coefficient (Wildman–Crippen LogP) is 4.81. The fraction of sp³-hybridized carbons (Fsp3) is 0.389. The highest BCUT2D eigenvalue weighted by molar-refractivity contribution is 5.91. The molecule has 1 aliphatic rings. The van der Waals surface area contributed by atoms with Crippen LogP contribution in [0.25, 0.3) is 0 Å². The van der Waals surface area contributed by atoms with Crippen molar-refractivity contribution in [1.82, 2.24) is 10.2 Å². The zero-order valence-electron chi connectivity index (χ0n) is 26.5. The largest absolute Gasteiger partial charge is 0.467 e. The molecule has 1 fully saturated rings. The van der Waals surface area contributed by atoms with Crippen molar-refractivity contribution in [1.29, 1.82) is 0 Å². The van der Waals surface area contributed by atoms with E-state index < -0.39 is 29.3 Å². The average molecular weight is 614 g/mol. The number of methoxy groups -OCH3 is 1. The maximum atomic E-state index is 13.4. The number of amides is 2. The summed E-state index contributed by atoms with van der Waals surface area (Å²) < 4.78 is 10.5. The molecule has 238 valence electrons. The van der Waals surface area contributed by atoms with Gasteiger partial charge in [0, 0.05) is 25.3 Å². The highest BCUT2D eigenvalue weighted by atomic mass is 16.5. The first kappa shape index (κ1) is 33.2. The van der Waals surface area contributed by atoms with E-state index in [9.17, 15) is 19.2 Å². The van der Waals surface area contributed by atoms with Crippen molar-refractivity contribution in [3.05, 3.63) is 102 Å². The van der Waals surface area contributed by atoms with E-state index in [0.717, 1.165) is 22.4 Å². The third-order valence-electron chi connectivity index (χ3n) is 8.61. The predicted molar refractivity (Wildman–Crippen MR) is 173 cm³/mol. The summed E-state index contributed by atoms with van der Waals surface area (Å²) in [6.45, 7) is 6.93. The number of hydrogen-bond donors (Lipinski definition) is 1. The molecule has 9 heteroatoms. The second kappa shape index (κ2) is 15.4. The first-order chi connectivity index (χ1) is 21.7.